The lowest BCUT2D eigenvalue weighted by molar-refractivity contribution is -0.134. The van der Waals surface area contributed by atoms with Crippen LogP contribution in [0.2, 0.25) is 0 Å². The second-order valence-corrected chi connectivity index (χ2v) is 10.8. The summed E-state index contributed by atoms with van der Waals surface area (Å²) in [7, 11) is 0. The third kappa shape index (κ3) is 4.32. The molecule has 0 bridgehead atoms. The summed E-state index contributed by atoms with van der Waals surface area (Å²) in [6.45, 7) is 3.29. The fourth-order valence-corrected chi connectivity index (χ4v) is 6.21. The van der Waals surface area contributed by atoms with Gasteiger partial charge in [-0.05, 0) is 53.1 Å². The Labute approximate surface area is 232 Å². The number of piperidine rings is 1. The average Bonchev–Trinajstić information content (AvgIpc) is 3.10. The van der Waals surface area contributed by atoms with Crippen LogP contribution in [0.15, 0.2) is 78.9 Å². The summed E-state index contributed by atoms with van der Waals surface area (Å²) in [6, 6.07) is 26.1. The molecule has 0 aromatic heterocycles. The molecule has 200 valence electrons. The molecule has 3 aliphatic heterocycles. The number of hydrogen-bond donors (Lipinski definition) is 1. The van der Waals surface area contributed by atoms with Gasteiger partial charge in [0.1, 0.15) is 18.4 Å². The maximum atomic E-state index is 13.4. The first kappa shape index (κ1) is 24.5. The fraction of sp³-hybridized carbons (Fsp3) is 0.242. The van der Waals surface area contributed by atoms with Crippen LogP contribution in [0, 0.1) is 0 Å². The highest BCUT2D eigenvalue weighted by molar-refractivity contribution is 6.27. The number of rotatable bonds is 5. The normalized spacial score (nSPS) is 18.9. The Morgan fingerprint density at radius 3 is 2.55 bits per heavy atom. The molecule has 40 heavy (non-hydrogen) atoms. The largest absolute Gasteiger partial charge is 0.492 e. The molecule has 3 aliphatic rings. The van der Waals surface area contributed by atoms with E-state index in [9.17, 15) is 14.4 Å². The molecule has 1 atom stereocenters. The predicted octanol–water partition coefficient (Wildman–Crippen LogP) is 4.59. The number of amides is 3. The Morgan fingerprint density at radius 2 is 1.70 bits per heavy atom. The molecular weight excluding hydrogens is 502 g/mol. The number of imide groups is 1. The molecule has 0 aliphatic carbocycles. The van der Waals surface area contributed by atoms with E-state index in [0.29, 0.717) is 18.6 Å². The van der Waals surface area contributed by atoms with E-state index in [4.69, 9.17) is 4.74 Å². The Kier molecular flexibility index (Phi) is 6.09. The van der Waals surface area contributed by atoms with Gasteiger partial charge in [0.05, 0.1) is 5.69 Å². The second kappa shape index (κ2) is 9.92. The van der Waals surface area contributed by atoms with E-state index >= 15 is 0 Å². The van der Waals surface area contributed by atoms with E-state index < -0.39 is 11.9 Å². The molecule has 7 nitrogen and oxygen atoms in total. The first-order valence-corrected chi connectivity index (χ1v) is 13.8. The van der Waals surface area contributed by atoms with Gasteiger partial charge in [-0.3, -0.25) is 29.5 Å². The number of hydrogen-bond acceptors (Lipinski definition) is 5. The SMILES string of the molecule is O=C1CCC(N2C(=O)c3cccc4c(Cc5ccc(CN6CCOc7ccccc7C6)cc5)ccc2c34)C(=O)N1. The summed E-state index contributed by atoms with van der Waals surface area (Å²) in [5.74, 6) is 0.0973. The summed E-state index contributed by atoms with van der Waals surface area (Å²) in [5.41, 5.74) is 6.16. The molecule has 3 heterocycles. The van der Waals surface area contributed by atoms with Crippen LogP contribution in [0.4, 0.5) is 5.69 Å². The molecule has 7 heteroatoms. The maximum absolute atomic E-state index is 13.4. The van der Waals surface area contributed by atoms with Crippen LogP contribution in [0.1, 0.15) is 45.5 Å². The van der Waals surface area contributed by atoms with Gasteiger partial charge in [-0.2, -0.15) is 0 Å². The topological polar surface area (TPSA) is 79.0 Å². The van der Waals surface area contributed by atoms with E-state index in [1.807, 2.05) is 36.4 Å². The van der Waals surface area contributed by atoms with Crippen molar-refractivity contribution in [2.24, 2.45) is 0 Å². The molecule has 1 N–H and O–H groups in total. The number of carbonyl (C=O) groups is 3. The zero-order valence-corrected chi connectivity index (χ0v) is 22.1. The predicted molar refractivity (Wildman–Crippen MR) is 152 cm³/mol. The third-order valence-corrected chi connectivity index (χ3v) is 8.19. The van der Waals surface area contributed by atoms with Crippen molar-refractivity contribution in [1.82, 2.24) is 10.2 Å². The van der Waals surface area contributed by atoms with Crippen molar-refractivity contribution in [1.29, 1.82) is 0 Å². The number of benzene rings is 4. The van der Waals surface area contributed by atoms with Gasteiger partial charge in [0.2, 0.25) is 11.8 Å². The summed E-state index contributed by atoms with van der Waals surface area (Å²) in [6.07, 6.45) is 1.29. The van der Waals surface area contributed by atoms with Crippen LogP contribution < -0.4 is 15.0 Å². The van der Waals surface area contributed by atoms with Crippen LogP contribution in [-0.4, -0.2) is 41.8 Å². The molecule has 0 spiro atoms. The lowest BCUT2D eigenvalue weighted by Gasteiger charge is -2.30. The van der Waals surface area contributed by atoms with Gasteiger partial charge in [0, 0.05) is 42.6 Å². The van der Waals surface area contributed by atoms with Gasteiger partial charge in [-0.1, -0.05) is 60.7 Å². The smallest absolute Gasteiger partial charge is 0.259 e. The number of anilines is 1. The van der Waals surface area contributed by atoms with Crippen LogP contribution in [-0.2, 0) is 29.1 Å². The summed E-state index contributed by atoms with van der Waals surface area (Å²) in [5, 5.41) is 4.29. The highest BCUT2D eigenvalue weighted by Crippen LogP contribution is 2.41. The Hall–Kier alpha value is -4.49. The standard InChI is InChI=1S/C33H29N3O4/c37-30-15-14-28(32(38)34-30)36-27-13-12-23(25-5-3-6-26(31(25)27)33(36)39)18-21-8-10-22(11-9-21)19-35-16-17-40-29-7-2-1-4-24(29)20-35/h1-13,28H,14-20H2,(H,34,37,38). The van der Waals surface area contributed by atoms with Crippen molar-refractivity contribution in [3.63, 3.8) is 0 Å². The lowest BCUT2D eigenvalue weighted by atomic mass is 9.95. The van der Waals surface area contributed by atoms with Gasteiger partial charge < -0.3 is 4.74 Å². The van der Waals surface area contributed by atoms with Crippen molar-refractivity contribution in [2.45, 2.75) is 38.4 Å². The van der Waals surface area contributed by atoms with E-state index in [2.05, 4.69) is 52.7 Å². The summed E-state index contributed by atoms with van der Waals surface area (Å²) in [4.78, 5) is 41.7. The number of nitrogens with zero attached hydrogens (tertiary/aromatic N) is 2. The zero-order chi connectivity index (χ0) is 27.2. The van der Waals surface area contributed by atoms with Crippen LogP contribution in [0.5, 0.6) is 5.75 Å². The lowest BCUT2D eigenvalue weighted by Crippen LogP contribution is -2.53. The molecule has 4 aromatic carbocycles. The van der Waals surface area contributed by atoms with Gasteiger partial charge in [0.15, 0.2) is 0 Å². The zero-order valence-electron chi connectivity index (χ0n) is 22.1. The van der Waals surface area contributed by atoms with Crippen molar-refractivity contribution in [2.75, 3.05) is 18.1 Å². The quantitative estimate of drug-likeness (QED) is 0.381. The van der Waals surface area contributed by atoms with Crippen molar-refractivity contribution >= 4 is 34.2 Å². The van der Waals surface area contributed by atoms with Gasteiger partial charge >= 0.3 is 0 Å². The fourth-order valence-electron chi connectivity index (χ4n) is 6.21. The van der Waals surface area contributed by atoms with Crippen molar-refractivity contribution in [3.05, 3.63) is 107 Å². The summed E-state index contributed by atoms with van der Waals surface area (Å²) >= 11 is 0. The monoisotopic (exact) mass is 531 g/mol. The molecule has 1 saturated heterocycles. The number of nitrogens with one attached hydrogen (secondary N) is 1. The summed E-state index contributed by atoms with van der Waals surface area (Å²) < 4.78 is 5.92. The highest BCUT2D eigenvalue weighted by Gasteiger charge is 2.40. The molecule has 1 fully saturated rings. The maximum Gasteiger partial charge on any atom is 0.259 e. The molecule has 1 unspecified atom stereocenters. The van der Waals surface area contributed by atoms with Gasteiger partial charge in [0.25, 0.3) is 5.91 Å². The van der Waals surface area contributed by atoms with Crippen LogP contribution >= 0.6 is 0 Å². The van der Waals surface area contributed by atoms with Crippen LogP contribution in [0.3, 0.4) is 0 Å². The average molecular weight is 532 g/mol. The second-order valence-electron chi connectivity index (χ2n) is 10.8. The molecule has 3 amide bonds. The molecule has 7 rings (SSSR count). The Bertz CT molecular complexity index is 1660. The van der Waals surface area contributed by atoms with Crippen molar-refractivity contribution in [3.8, 4) is 5.75 Å². The molecule has 4 aromatic rings. The van der Waals surface area contributed by atoms with E-state index in [-0.39, 0.29) is 18.2 Å². The number of carbonyl (C=O) groups excluding carboxylic acids is 3. The third-order valence-electron chi connectivity index (χ3n) is 8.19. The van der Waals surface area contributed by atoms with Gasteiger partial charge in [-0.15, -0.1) is 0 Å². The minimum atomic E-state index is -0.677. The van der Waals surface area contributed by atoms with E-state index in [0.717, 1.165) is 53.8 Å². The number of para-hydroxylation sites is 1. The van der Waals surface area contributed by atoms with Crippen molar-refractivity contribution < 1.29 is 19.1 Å². The Balaban J connectivity index is 1.11. The number of ether oxygens (including phenoxy) is 1. The van der Waals surface area contributed by atoms with Crippen LogP contribution in [0.25, 0.3) is 10.8 Å². The van der Waals surface area contributed by atoms with Gasteiger partial charge in [-0.25, -0.2) is 0 Å². The highest BCUT2D eigenvalue weighted by atomic mass is 16.5. The molecular formula is C33H29N3O4. The Morgan fingerprint density at radius 1 is 0.875 bits per heavy atom. The molecule has 0 saturated carbocycles. The first-order chi connectivity index (χ1) is 19.5. The molecule has 0 radical (unpaired) electrons. The van der Waals surface area contributed by atoms with E-state index in [1.54, 1.807) is 4.90 Å². The first-order valence-electron chi connectivity index (χ1n) is 13.8. The minimum absolute atomic E-state index is 0.182. The minimum Gasteiger partial charge on any atom is -0.492 e. The van der Waals surface area contributed by atoms with E-state index in [1.165, 1.54) is 16.7 Å². The number of fused-ring (bicyclic) bond motifs is 1.